The lowest BCUT2D eigenvalue weighted by molar-refractivity contribution is -0.145. The molecule has 13 heteroatoms. The Bertz CT molecular complexity index is 814. The number of hydrogen-bond donors (Lipinski definition) is 2. The van der Waals surface area contributed by atoms with Gasteiger partial charge in [-0.3, -0.25) is 4.79 Å². The third-order valence-electron chi connectivity index (χ3n) is 3.32. The van der Waals surface area contributed by atoms with Crippen LogP contribution in [0.25, 0.3) is 0 Å². The quantitative estimate of drug-likeness (QED) is 0.424. The first-order valence-corrected chi connectivity index (χ1v) is 7.54. The maximum absolute atomic E-state index is 13.0. The number of carbonyl (C=O) groups excluding carboxylic acids is 1. The summed E-state index contributed by atoms with van der Waals surface area (Å²) in [6.07, 6.45) is -7.52. The van der Waals surface area contributed by atoms with Crippen LogP contribution in [0.1, 0.15) is 19.7 Å². The average Bonchev–Trinajstić information content (AvgIpc) is 3.01. The Morgan fingerprint density at radius 1 is 1.36 bits per heavy atom. The van der Waals surface area contributed by atoms with Crippen molar-refractivity contribution >= 4 is 5.91 Å². The molecule has 1 rings (SSSR count). The van der Waals surface area contributed by atoms with Crippen LogP contribution in [0.15, 0.2) is 29.6 Å². The molecule has 154 valence electrons. The molecule has 1 heterocycles. The van der Waals surface area contributed by atoms with Gasteiger partial charge in [0.1, 0.15) is 6.33 Å². The van der Waals surface area contributed by atoms with Crippen LogP contribution in [0, 0.1) is 11.3 Å². The first kappa shape index (κ1) is 23.2. The zero-order valence-corrected chi connectivity index (χ0v) is 14.6. The van der Waals surface area contributed by atoms with E-state index in [0.717, 1.165) is 13.0 Å². The van der Waals surface area contributed by atoms with Gasteiger partial charge in [0.25, 0.3) is 11.7 Å². The molecule has 2 N–H and O–H groups in total. The molecular formula is C15H15F6N5O2. The molecule has 0 aliphatic rings. The molecule has 0 spiro atoms. The number of nitrogens with zero attached hydrogens (tertiary/aromatic N) is 4. The number of nitriles is 1. The van der Waals surface area contributed by atoms with Crippen LogP contribution in [0.2, 0.25) is 0 Å². The number of carbonyl (C=O) groups is 1. The highest BCUT2D eigenvalue weighted by Gasteiger charge is 2.38. The Morgan fingerprint density at radius 2 is 1.96 bits per heavy atom. The van der Waals surface area contributed by atoms with Crippen molar-refractivity contribution in [3.05, 3.63) is 35.4 Å². The molecule has 1 atom stereocenters. The molecule has 0 fully saturated rings. The minimum absolute atomic E-state index is 0.545. The van der Waals surface area contributed by atoms with E-state index in [9.17, 15) is 36.2 Å². The highest BCUT2D eigenvalue weighted by molar-refractivity contribution is 5.84. The van der Waals surface area contributed by atoms with Crippen molar-refractivity contribution in [2.45, 2.75) is 38.3 Å². The van der Waals surface area contributed by atoms with Gasteiger partial charge >= 0.3 is 12.4 Å². The van der Waals surface area contributed by atoms with E-state index in [1.165, 1.54) is 13.0 Å². The fraction of sp³-hybridized carbons (Fsp3) is 0.467. The number of allylic oxidation sites excluding steroid dienone is 3. The fourth-order valence-corrected chi connectivity index (χ4v) is 1.98. The summed E-state index contributed by atoms with van der Waals surface area (Å²) in [6, 6.07) is 1.37. The SMILES string of the molecule is C/C=C(C#N)\C(=C/CNC(=O)[C@@](C)(O)Cn1cnc(C(F)(F)F)n1)C(F)(F)F. The van der Waals surface area contributed by atoms with E-state index in [0.29, 0.717) is 17.1 Å². The third-order valence-corrected chi connectivity index (χ3v) is 3.32. The highest BCUT2D eigenvalue weighted by atomic mass is 19.4. The van der Waals surface area contributed by atoms with Gasteiger partial charge in [-0.25, -0.2) is 9.67 Å². The second-order valence-corrected chi connectivity index (χ2v) is 5.68. The molecule has 0 aliphatic carbocycles. The normalized spacial score (nSPS) is 15.7. The van der Waals surface area contributed by atoms with Gasteiger partial charge in [-0.2, -0.15) is 31.6 Å². The number of hydrogen-bond acceptors (Lipinski definition) is 5. The predicted octanol–water partition coefficient (Wildman–Crippen LogP) is 2.12. The van der Waals surface area contributed by atoms with Crippen LogP contribution in [0.5, 0.6) is 0 Å². The molecule has 7 nitrogen and oxygen atoms in total. The molecule has 0 aromatic carbocycles. The number of aromatic nitrogens is 3. The predicted molar refractivity (Wildman–Crippen MR) is 82.2 cm³/mol. The number of amides is 1. The second kappa shape index (κ2) is 8.42. The summed E-state index contributed by atoms with van der Waals surface area (Å²) in [5.74, 6) is -2.63. The molecule has 1 amide bonds. The average molecular weight is 411 g/mol. The minimum Gasteiger partial charge on any atom is -0.378 e. The van der Waals surface area contributed by atoms with Gasteiger partial charge in [0.2, 0.25) is 0 Å². The molecular weight excluding hydrogens is 396 g/mol. The summed E-state index contributed by atoms with van der Waals surface area (Å²) >= 11 is 0. The second-order valence-electron chi connectivity index (χ2n) is 5.68. The van der Waals surface area contributed by atoms with Crippen LogP contribution in [0.3, 0.4) is 0 Å². The Balaban J connectivity index is 2.85. The van der Waals surface area contributed by atoms with Crippen molar-refractivity contribution in [1.82, 2.24) is 20.1 Å². The number of nitrogens with one attached hydrogen (secondary N) is 1. The third kappa shape index (κ3) is 6.08. The Kier molecular flexibility index (Phi) is 6.97. The van der Waals surface area contributed by atoms with Crippen molar-refractivity contribution in [1.29, 1.82) is 5.26 Å². The fourth-order valence-electron chi connectivity index (χ4n) is 1.98. The lowest BCUT2D eigenvalue weighted by Crippen LogP contribution is -2.47. The van der Waals surface area contributed by atoms with E-state index in [-0.39, 0.29) is 0 Å². The topological polar surface area (TPSA) is 104 Å². The Morgan fingerprint density at radius 3 is 2.39 bits per heavy atom. The van der Waals surface area contributed by atoms with Crippen LogP contribution < -0.4 is 5.32 Å². The van der Waals surface area contributed by atoms with Crippen molar-refractivity contribution in [2.75, 3.05) is 6.54 Å². The van der Waals surface area contributed by atoms with Gasteiger partial charge in [-0.05, 0) is 13.8 Å². The molecule has 0 saturated carbocycles. The van der Waals surface area contributed by atoms with Gasteiger partial charge in [0.05, 0.1) is 23.8 Å². The highest BCUT2D eigenvalue weighted by Crippen LogP contribution is 2.30. The zero-order valence-electron chi connectivity index (χ0n) is 14.6. The van der Waals surface area contributed by atoms with Crippen molar-refractivity contribution in [2.24, 2.45) is 0 Å². The van der Waals surface area contributed by atoms with E-state index in [2.05, 4.69) is 10.1 Å². The summed E-state index contributed by atoms with van der Waals surface area (Å²) in [5.41, 5.74) is -4.22. The molecule has 0 aliphatic heterocycles. The maximum atomic E-state index is 13.0. The van der Waals surface area contributed by atoms with Crippen LogP contribution in [0.4, 0.5) is 26.3 Å². The molecule has 0 saturated heterocycles. The number of rotatable bonds is 6. The van der Waals surface area contributed by atoms with Gasteiger partial charge in [0.15, 0.2) is 5.60 Å². The van der Waals surface area contributed by atoms with Crippen molar-refractivity contribution in [3.63, 3.8) is 0 Å². The molecule has 1 aromatic rings. The van der Waals surface area contributed by atoms with E-state index < -0.39 is 53.9 Å². The van der Waals surface area contributed by atoms with Crippen molar-refractivity contribution in [3.8, 4) is 6.07 Å². The van der Waals surface area contributed by atoms with Crippen LogP contribution >= 0.6 is 0 Å². The molecule has 0 unspecified atom stereocenters. The summed E-state index contributed by atoms with van der Waals surface area (Å²) < 4.78 is 76.8. The monoisotopic (exact) mass is 411 g/mol. The summed E-state index contributed by atoms with van der Waals surface area (Å²) in [4.78, 5) is 15.0. The first-order chi connectivity index (χ1) is 12.7. The Labute approximate surface area is 155 Å². The first-order valence-electron chi connectivity index (χ1n) is 7.54. The van der Waals surface area contributed by atoms with Gasteiger partial charge < -0.3 is 10.4 Å². The largest absolute Gasteiger partial charge is 0.453 e. The number of alkyl halides is 6. The van der Waals surface area contributed by atoms with E-state index in [1.54, 1.807) is 0 Å². The maximum Gasteiger partial charge on any atom is 0.453 e. The van der Waals surface area contributed by atoms with Gasteiger partial charge in [-0.1, -0.05) is 12.2 Å². The number of aliphatic hydroxyl groups is 1. The summed E-state index contributed by atoms with van der Waals surface area (Å²) in [5, 5.41) is 23.9. The van der Waals surface area contributed by atoms with E-state index in [4.69, 9.17) is 5.26 Å². The van der Waals surface area contributed by atoms with Gasteiger partial charge in [0, 0.05) is 6.54 Å². The van der Waals surface area contributed by atoms with Gasteiger partial charge in [-0.15, -0.1) is 5.10 Å². The summed E-state index contributed by atoms with van der Waals surface area (Å²) in [7, 11) is 0. The zero-order chi connectivity index (χ0) is 21.8. The smallest absolute Gasteiger partial charge is 0.378 e. The summed E-state index contributed by atoms with van der Waals surface area (Å²) in [6.45, 7) is 0.761. The van der Waals surface area contributed by atoms with E-state index in [1.807, 2.05) is 5.32 Å². The van der Waals surface area contributed by atoms with E-state index >= 15 is 0 Å². The van der Waals surface area contributed by atoms with Crippen LogP contribution in [-0.4, -0.2) is 44.1 Å². The molecule has 28 heavy (non-hydrogen) atoms. The molecule has 0 bridgehead atoms. The molecule has 1 aromatic heterocycles. The van der Waals surface area contributed by atoms with Crippen molar-refractivity contribution < 1.29 is 36.2 Å². The standard InChI is InChI=1S/C15H15F6N5O2/c1-3-9(6-22)10(14(16,17)18)4-5-23-12(27)13(2,28)7-26-8-24-11(25-26)15(19,20)21/h3-4,8,28H,5,7H2,1-2H3,(H,23,27)/b9-3-,10-4+/t13-/m0/s1. The minimum atomic E-state index is -4.85. The Hall–Kier alpha value is -2.88. The number of halogens is 6. The lowest BCUT2D eigenvalue weighted by Gasteiger charge is -2.21. The lowest BCUT2D eigenvalue weighted by atomic mass is 10.1. The van der Waals surface area contributed by atoms with Crippen LogP contribution in [-0.2, 0) is 17.5 Å². The molecule has 0 radical (unpaired) electrons.